The molecular weight excluding hydrogens is 619 g/mol. The first-order valence-electron chi connectivity index (χ1n) is 12.9. The van der Waals surface area contributed by atoms with Gasteiger partial charge in [0.2, 0.25) is 11.8 Å². The summed E-state index contributed by atoms with van der Waals surface area (Å²) in [6.45, 7) is 3.75. The van der Waals surface area contributed by atoms with Crippen LogP contribution in [0.4, 0.5) is 5.69 Å². The van der Waals surface area contributed by atoms with E-state index < -0.39 is 45.2 Å². The van der Waals surface area contributed by atoms with E-state index in [1.807, 2.05) is 6.08 Å². The smallest absolute Gasteiger partial charge is 0.253 e. The highest BCUT2D eigenvalue weighted by Gasteiger charge is 2.76. The van der Waals surface area contributed by atoms with Crippen molar-refractivity contribution in [3.05, 3.63) is 82.4 Å². The Kier molecular flexibility index (Phi) is 6.33. The number of phenolic OH excluding ortho intramolecular Hbond substituents is 1. The highest BCUT2D eigenvalue weighted by atomic mass is 79.9. The van der Waals surface area contributed by atoms with Gasteiger partial charge in [-0.2, -0.15) is 0 Å². The average Bonchev–Trinajstić information content (AvgIpc) is 3.26. The number of halogens is 3. The van der Waals surface area contributed by atoms with E-state index in [1.54, 1.807) is 48.5 Å². The maximum absolute atomic E-state index is 14.0. The van der Waals surface area contributed by atoms with Crippen molar-refractivity contribution in [2.45, 2.75) is 34.9 Å². The maximum Gasteiger partial charge on any atom is 0.253 e. The van der Waals surface area contributed by atoms with E-state index in [9.17, 15) is 24.3 Å². The van der Waals surface area contributed by atoms with Crippen LogP contribution in [0.25, 0.3) is 0 Å². The van der Waals surface area contributed by atoms with E-state index in [1.165, 1.54) is 11.9 Å². The first kappa shape index (κ1) is 27.2. The van der Waals surface area contributed by atoms with Crippen LogP contribution in [-0.2, 0) is 25.6 Å². The molecule has 6 atom stereocenters. The molecule has 2 heterocycles. The van der Waals surface area contributed by atoms with Crippen LogP contribution in [0.1, 0.15) is 29.9 Å². The van der Waals surface area contributed by atoms with Crippen LogP contribution in [0.3, 0.4) is 0 Å². The topological polar surface area (TPSA) is 95.0 Å². The van der Waals surface area contributed by atoms with Crippen molar-refractivity contribution in [1.82, 2.24) is 4.90 Å². The van der Waals surface area contributed by atoms with Crippen molar-refractivity contribution in [1.29, 1.82) is 0 Å². The van der Waals surface area contributed by atoms with E-state index in [0.29, 0.717) is 28.8 Å². The van der Waals surface area contributed by atoms with Crippen LogP contribution >= 0.6 is 39.1 Å². The fraction of sp³-hybridized carbons (Fsp3) is 0.333. The van der Waals surface area contributed by atoms with E-state index in [4.69, 9.17) is 23.2 Å². The molecule has 3 fully saturated rings. The van der Waals surface area contributed by atoms with Gasteiger partial charge in [0.25, 0.3) is 11.8 Å². The second-order valence-electron chi connectivity index (χ2n) is 10.8. The third-order valence-corrected chi connectivity index (χ3v) is 10.9. The van der Waals surface area contributed by atoms with Gasteiger partial charge in [-0.1, -0.05) is 51.9 Å². The summed E-state index contributed by atoms with van der Waals surface area (Å²) in [4.78, 5) is 53.1. The lowest BCUT2D eigenvalue weighted by Crippen LogP contribution is -2.60. The number of aromatic hydroxyl groups is 1. The Hall–Kier alpha value is -2.94. The number of anilines is 1. The molecule has 40 heavy (non-hydrogen) atoms. The third-order valence-electron chi connectivity index (χ3n) is 8.93. The number of carbonyl (C=O) groups is 4. The summed E-state index contributed by atoms with van der Waals surface area (Å²) in [5.74, 6) is -5.24. The van der Waals surface area contributed by atoms with Crippen molar-refractivity contribution < 1.29 is 24.3 Å². The summed E-state index contributed by atoms with van der Waals surface area (Å²) in [5, 5.41) is 11.4. The molecule has 10 heteroatoms. The van der Waals surface area contributed by atoms with Crippen LogP contribution in [0, 0.1) is 17.8 Å². The SMILES string of the molecule is C=CCc1cccc([C@H]2C3=CC[C@@H]4C(=O)N(c5ccc(Br)cc5)C(=O)[C@@H]4[C@@H]3C[C@@]3(Cl)C(=O)N(C)C(=O)[C@@]23Cl)c1O. The Morgan fingerprint density at radius 2 is 1.75 bits per heavy atom. The summed E-state index contributed by atoms with van der Waals surface area (Å²) in [6, 6.07) is 12.0. The number of nitrogens with zero attached hydrogens (tertiary/aromatic N) is 2. The molecule has 1 saturated carbocycles. The van der Waals surface area contributed by atoms with Crippen molar-refractivity contribution in [2.24, 2.45) is 17.8 Å². The van der Waals surface area contributed by atoms with Crippen LogP contribution in [-0.4, -0.2) is 50.4 Å². The summed E-state index contributed by atoms with van der Waals surface area (Å²) in [5.41, 5.74) is 2.00. The predicted octanol–water partition coefficient (Wildman–Crippen LogP) is 5.08. The first-order valence-corrected chi connectivity index (χ1v) is 14.5. The Labute approximate surface area is 249 Å². The lowest BCUT2D eigenvalue weighted by atomic mass is 9.56. The van der Waals surface area contributed by atoms with Gasteiger partial charge in [0.1, 0.15) is 5.75 Å². The number of imide groups is 2. The molecule has 0 radical (unpaired) electrons. The monoisotopic (exact) mass is 642 g/mol. The van der Waals surface area contributed by atoms with Gasteiger partial charge < -0.3 is 5.11 Å². The largest absolute Gasteiger partial charge is 0.507 e. The van der Waals surface area contributed by atoms with Gasteiger partial charge in [-0.25, -0.2) is 0 Å². The summed E-state index contributed by atoms with van der Waals surface area (Å²) < 4.78 is 0.807. The molecule has 2 aliphatic carbocycles. The molecule has 7 nitrogen and oxygen atoms in total. The molecule has 6 rings (SSSR count). The van der Waals surface area contributed by atoms with Crippen LogP contribution in [0.2, 0.25) is 0 Å². The molecule has 2 saturated heterocycles. The predicted molar refractivity (Wildman–Crippen MR) is 154 cm³/mol. The molecule has 4 aliphatic rings. The minimum Gasteiger partial charge on any atom is -0.507 e. The molecule has 0 unspecified atom stereocenters. The molecule has 206 valence electrons. The molecule has 0 aromatic heterocycles. The number of hydrogen-bond acceptors (Lipinski definition) is 5. The van der Waals surface area contributed by atoms with E-state index in [0.717, 1.165) is 9.37 Å². The summed E-state index contributed by atoms with van der Waals surface area (Å²) >= 11 is 17.8. The quantitative estimate of drug-likeness (QED) is 0.285. The second-order valence-corrected chi connectivity index (χ2v) is 13.0. The Morgan fingerprint density at radius 1 is 1.05 bits per heavy atom. The number of benzene rings is 2. The maximum atomic E-state index is 14.0. The molecule has 0 bridgehead atoms. The minimum atomic E-state index is -1.95. The number of fused-ring (bicyclic) bond motifs is 4. The lowest BCUT2D eigenvalue weighted by Gasteiger charge is -2.50. The van der Waals surface area contributed by atoms with Gasteiger partial charge in [-0.3, -0.25) is 29.0 Å². The zero-order chi connectivity index (χ0) is 28.7. The zero-order valence-electron chi connectivity index (χ0n) is 21.4. The first-order chi connectivity index (χ1) is 19.0. The normalized spacial score (nSPS) is 33.0. The van der Waals surface area contributed by atoms with Crippen LogP contribution in [0.15, 0.2) is 71.2 Å². The van der Waals surface area contributed by atoms with Crippen molar-refractivity contribution in [3.8, 4) is 5.75 Å². The van der Waals surface area contributed by atoms with Gasteiger partial charge >= 0.3 is 0 Å². The molecule has 1 N–H and O–H groups in total. The number of alkyl halides is 2. The van der Waals surface area contributed by atoms with Crippen molar-refractivity contribution in [2.75, 3.05) is 11.9 Å². The molecule has 4 amide bonds. The number of rotatable bonds is 4. The van der Waals surface area contributed by atoms with Gasteiger partial charge in [0.15, 0.2) is 9.75 Å². The molecule has 2 aromatic rings. The fourth-order valence-electron chi connectivity index (χ4n) is 7.10. The molecule has 0 spiro atoms. The Morgan fingerprint density at radius 3 is 2.42 bits per heavy atom. The third kappa shape index (κ3) is 3.42. The Balaban J connectivity index is 1.53. The Bertz CT molecular complexity index is 1540. The van der Waals surface area contributed by atoms with E-state index in [2.05, 4.69) is 22.5 Å². The highest BCUT2D eigenvalue weighted by Crippen LogP contribution is 2.66. The fourth-order valence-corrected chi connectivity index (χ4v) is 8.37. The van der Waals surface area contributed by atoms with E-state index >= 15 is 0 Å². The summed E-state index contributed by atoms with van der Waals surface area (Å²) in [7, 11) is 1.34. The average molecular weight is 644 g/mol. The molecule has 2 aromatic carbocycles. The molecular formula is C30H25BrCl2N2O5. The van der Waals surface area contributed by atoms with Gasteiger partial charge in [-0.05, 0) is 55.0 Å². The van der Waals surface area contributed by atoms with Gasteiger partial charge in [0, 0.05) is 23.0 Å². The number of likely N-dealkylation sites (tertiary alicyclic amines) is 1. The molecule has 2 aliphatic heterocycles. The minimum absolute atomic E-state index is 0.0739. The second kappa shape index (κ2) is 9.29. The number of para-hydroxylation sites is 1. The van der Waals surface area contributed by atoms with Gasteiger partial charge in [-0.15, -0.1) is 29.8 Å². The highest BCUT2D eigenvalue weighted by molar-refractivity contribution is 9.10. The number of carbonyl (C=O) groups excluding carboxylic acids is 4. The number of hydrogen-bond donors (Lipinski definition) is 1. The number of amides is 4. The standard InChI is InChI=1S/C30H25BrCl2N2O5/c1-3-5-15-6-4-7-20(24(15)36)23-18-12-13-19-22(26(38)35(25(19)37)17-10-8-16(31)9-11-17)21(18)14-29(32)27(39)34(2)28(40)30(23,29)33/h3-4,6-12,19,21-23,36H,1,5,13-14H2,2H3/t19-,21+,22-,23+,29+,30-/m0/s1. The van der Waals surface area contributed by atoms with Crippen LogP contribution in [0.5, 0.6) is 5.75 Å². The van der Waals surface area contributed by atoms with Crippen molar-refractivity contribution >= 4 is 68.4 Å². The zero-order valence-corrected chi connectivity index (χ0v) is 24.5. The number of allylic oxidation sites excluding steroid dienone is 3. The van der Waals surface area contributed by atoms with E-state index in [-0.39, 0.29) is 30.4 Å². The van der Waals surface area contributed by atoms with Gasteiger partial charge in [0.05, 0.1) is 17.5 Å². The number of phenols is 1. The van der Waals surface area contributed by atoms with Crippen LogP contribution < -0.4 is 4.90 Å². The van der Waals surface area contributed by atoms with Crippen molar-refractivity contribution in [3.63, 3.8) is 0 Å². The summed E-state index contributed by atoms with van der Waals surface area (Å²) in [6.07, 6.45) is 4.01. The lowest BCUT2D eigenvalue weighted by molar-refractivity contribution is -0.138.